The molecule has 3 nitrogen and oxygen atoms in total. The lowest BCUT2D eigenvalue weighted by molar-refractivity contribution is 0.0984. The predicted molar refractivity (Wildman–Crippen MR) is 132 cm³/mol. The summed E-state index contributed by atoms with van der Waals surface area (Å²) in [4.78, 5) is 13.0. The zero-order valence-corrected chi connectivity index (χ0v) is 19.2. The van der Waals surface area contributed by atoms with Crippen LogP contribution in [0.5, 0.6) is 5.75 Å². The molecule has 0 radical (unpaired) electrons. The number of para-hydroxylation sites is 1. The molecule has 0 aliphatic carbocycles. The lowest BCUT2D eigenvalue weighted by Crippen LogP contribution is -2.03. The summed E-state index contributed by atoms with van der Waals surface area (Å²) in [6.45, 7) is 7.23. The Balaban J connectivity index is 1.39. The highest BCUT2D eigenvalue weighted by atomic mass is 16.5. The standard InChI is InChI=1S/C29H31NO2/c1-4-19-30-20-27(26-7-5-6-8-28(26)30)29(31)18-13-23-11-16-25(17-12-23)32-22(3)24-14-9-21(2)10-15-24/h5-12,14-17,20,22H,4,13,18-19H2,1-3H3. The van der Waals surface area contributed by atoms with Gasteiger partial charge in [0.2, 0.25) is 0 Å². The summed E-state index contributed by atoms with van der Waals surface area (Å²) in [6.07, 6.45) is 4.28. The van der Waals surface area contributed by atoms with Crippen LogP contribution in [0, 0.1) is 6.92 Å². The number of carbonyl (C=O) groups excluding carboxylic acids is 1. The van der Waals surface area contributed by atoms with Gasteiger partial charge in [0.25, 0.3) is 0 Å². The Bertz CT molecular complexity index is 1190. The highest BCUT2D eigenvalue weighted by molar-refractivity contribution is 6.08. The largest absolute Gasteiger partial charge is 0.486 e. The summed E-state index contributed by atoms with van der Waals surface area (Å²) < 4.78 is 8.29. The fourth-order valence-electron chi connectivity index (χ4n) is 4.13. The molecule has 4 rings (SSSR count). The Morgan fingerprint density at radius 1 is 0.969 bits per heavy atom. The molecule has 0 aliphatic heterocycles. The predicted octanol–water partition coefficient (Wildman–Crippen LogP) is 7.32. The molecule has 4 aromatic rings. The number of rotatable bonds is 9. The molecule has 1 aromatic heterocycles. The van der Waals surface area contributed by atoms with Crippen LogP contribution in [0.15, 0.2) is 79.0 Å². The number of ether oxygens (including phenoxy) is 1. The Hall–Kier alpha value is -3.33. The molecule has 1 heterocycles. The van der Waals surface area contributed by atoms with Gasteiger partial charge >= 0.3 is 0 Å². The molecule has 164 valence electrons. The molecule has 0 saturated heterocycles. The van der Waals surface area contributed by atoms with Crippen LogP contribution < -0.4 is 4.74 Å². The van der Waals surface area contributed by atoms with Gasteiger partial charge in [0.15, 0.2) is 5.78 Å². The number of nitrogens with zero attached hydrogens (tertiary/aromatic N) is 1. The topological polar surface area (TPSA) is 31.2 Å². The molecule has 1 atom stereocenters. The van der Waals surface area contributed by atoms with E-state index >= 15 is 0 Å². The van der Waals surface area contributed by atoms with E-state index in [9.17, 15) is 4.79 Å². The molecule has 3 heteroatoms. The summed E-state index contributed by atoms with van der Waals surface area (Å²) in [5.41, 5.74) is 5.52. The van der Waals surface area contributed by atoms with Gasteiger partial charge in [-0.15, -0.1) is 0 Å². The Morgan fingerprint density at radius 3 is 2.41 bits per heavy atom. The monoisotopic (exact) mass is 425 g/mol. The van der Waals surface area contributed by atoms with E-state index in [-0.39, 0.29) is 11.9 Å². The molecule has 0 saturated carbocycles. The number of hydrogen-bond donors (Lipinski definition) is 0. The van der Waals surface area contributed by atoms with Gasteiger partial charge in [-0.1, -0.05) is 67.1 Å². The van der Waals surface area contributed by atoms with Gasteiger partial charge in [-0.2, -0.15) is 0 Å². The third-order valence-electron chi connectivity index (χ3n) is 5.98. The van der Waals surface area contributed by atoms with Crippen molar-refractivity contribution in [1.29, 1.82) is 0 Å². The van der Waals surface area contributed by atoms with Crippen LogP contribution in [0.1, 0.15) is 59.8 Å². The van der Waals surface area contributed by atoms with Gasteiger partial charge < -0.3 is 9.30 Å². The van der Waals surface area contributed by atoms with E-state index in [0.29, 0.717) is 6.42 Å². The highest BCUT2D eigenvalue weighted by Gasteiger charge is 2.15. The van der Waals surface area contributed by atoms with E-state index in [1.54, 1.807) is 0 Å². The second kappa shape index (κ2) is 9.86. The zero-order valence-electron chi connectivity index (χ0n) is 19.2. The van der Waals surface area contributed by atoms with Crippen molar-refractivity contribution in [1.82, 2.24) is 4.57 Å². The maximum Gasteiger partial charge on any atom is 0.165 e. The van der Waals surface area contributed by atoms with Crippen molar-refractivity contribution in [3.63, 3.8) is 0 Å². The summed E-state index contributed by atoms with van der Waals surface area (Å²) in [5.74, 6) is 1.04. The second-order valence-corrected chi connectivity index (χ2v) is 8.49. The van der Waals surface area contributed by atoms with Crippen LogP contribution in [0.4, 0.5) is 0 Å². The number of hydrogen-bond acceptors (Lipinski definition) is 2. The highest BCUT2D eigenvalue weighted by Crippen LogP contribution is 2.25. The van der Waals surface area contributed by atoms with Gasteiger partial charge in [0.1, 0.15) is 11.9 Å². The van der Waals surface area contributed by atoms with Crippen LogP contribution in [-0.2, 0) is 13.0 Å². The number of carbonyl (C=O) groups is 1. The molecule has 0 N–H and O–H groups in total. The van der Waals surface area contributed by atoms with Gasteiger partial charge in [-0.05, 0) is 56.0 Å². The van der Waals surface area contributed by atoms with Crippen molar-refractivity contribution < 1.29 is 9.53 Å². The maximum absolute atomic E-state index is 13.0. The third kappa shape index (κ3) is 4.94. The van der Waals surface area contributed by atoms with Crippen molar-refractivity contribution >= 4 is 16.7 Å². The normalized spacial score (nSPS) is 12.1. The number of fused-ring (bicyclic) bond motifs is 1. The van der Waals surface area contributed by atoms with Crippen molar-refractivity contribution in [3.8, 4) is 5.75 Å². The van der Waals surface area contributed by atoms with Gasteiger partial charge in [-0.3, -0.25) is 4.79 Å². The van der Waals surface area contributed by atoms with E-state index < -0.39 is 0 Å². The van der Waals surface area contributed by atoms with Crippen molar-refractivity contribution in [2.45, 2.75) is 52.7 Å². The average molecular weight is 426 g/mol. The molecule has 3 aromatic carbocycles. The first-order chi connectivity index (χ1) is 15.5. The summed E-state index contributed by atoms with van der Waals surface area (Å²) in [7, 11) is 0. The average Bonchev–Trinajstić information content (AvgIpc) is 3.18. The third-order valence-corrected chi connectivity index (χ3v) is 5.98. The summed E-state index contributed by atoms with van der Waals surface area (Å²) >= 11 is 0. The van der Waals surface area contributed by atoms with Gasteiger partial charge in [-0.25, -0.2) is 0 Å². The molecule has 0 amide bonds. The van der Waals surface area contributed by atoms with Crippen LogP contribution in [0.25, 0.3) is 10.9 Å². The van der Waals surface area contributed by atoms with Crippen molar-refractivity contribution in [2.24, 2.45) is 0 Å². The molecule has 0 spiro atoms. The first-order valence-electron chi connectivity index (χ1n) is 11.5. The van der Waals surface area contributed by atoms with Crippen molar-refractivity contribution in [2.75, 3.05) is 0 Å². The lowest BCUT2D eigenvalue weighted by Gasteiger charge is -2.15. The number of ketones is 1. The number of aromatic nitrogens is 1. The van der Waals surface area contributed by atoms with Crippen LogP contribution in [0.3, 0.4) is 0 Å². The van der Waals surface area contributed by atoms with Crippen LogP contribution in [-0.4, -0.2) is 10.4 Å². The van der Waals surface area contributed by atoms with E-state index in [2.05, 4.69) is 73.9 Å². The first kappa shape index (κ1) is 21.9. The quantitative estimate of drug-likeness (QED) is 0.263. The van der Waals surface area contributed by atoms with E-state index in [1.165, 1.54) is 5.56 Å². The van der Waals surface area contributed by atoms with Crippen LogP contribution in [0.2, 0.25) is 0 Å². The second-order valence-electron chi connectivity index (χ2n) is 8.49. The molecule has 1 unspecified atom stereocenters. The lowest BCUT2D eigenvalue weighted by atomic mass is 10.0. The van der Waals surface area contributed by atoms with Crippen LogP contribution >= 0.6 is 0 Å². The first-order valence-corrected chi connectivity index (χ1v) is 11.5. The smallest absolute Gasteiger partial charge is 0.165 e. The summed E-state index contributed by atoms with van der Waals surface area (Å²) in [6, 6.07) is 24.7. The number of benzene rings is 3. The number of aryl methyl sites for hydroxylation is 3. The molecule has 32 heavy (non-hydrogen) atoms. The number of Topliss-reactive ketones (excluding diaryl/α,β-unsaturated/α-hetero) is 1. The van der Waals surface area contributed by atoms with E-state index in [1.807, 2.05) is 30.5 Å². The van der Waals surface area contributed by atoms with Gasteiger partial charge in [0, 0.05) is 35.6 Å². The SMILES string of the molecule is CCCn1cc(C(=O)CCc2ccc(OC(C)c3ccc(C)cc3)cc2)c2ccccc21. The maximum atomic E-state index is 13.0. The molecular weight excluding hydrogens is 394 g/mol. The van der Waals surface area contributed by atoms with Crippen molar-refractivity contribution in [3.05, 3.63) is 101 Å². The Labute approximate surface area is 190 Å². The minimum Gasteiger partial charge on any atom is -0.486 e. The minimum absolute atomic E-state index is 0.0107. The Kier molecular flexibility index (Phi) is 6.75. The fourth-order valence-corrected chi connectivity index (χ4v) is 4.13. The molecule has 0 fully saturated rings. The zero-order chi connectivity index (χ0) is 22.5. The van der Waals surface area contributed by atoms with Gasteiger partial charge in [0.05, 0.1) is 0 Å². The molecule has 0 bridgehead atoms. The molecular formula is C29H31NO2. The minimum atomic E-state index is -0.0107. The van der Waals surface area contributed by atoms with E-state index in [4.69, 9.17) is 4.74 Å². The van der Waals surface area contributed by atoms with E-state index in [0.717, 1.165) is 52.7 Å². The Morgan fingerprint density at radius 2 is 1.69 bits per heavy atom. The molecule has 0 aliphatic rings. The fraction of sp³-hybridized carbons (Fsp3) is 0.276. The summed E-state index contributed by atoms with van der Waals surface area (Å²) in [5, 5.41) is 1.06.